The summed E-state index contributed by atoms with van der Waals surface area (Å²) in [7, 11) is 0. The molecule has 0 spiro atoms. The molecule has 1 N–H and O–H groups in total. The first-order chi connectivity index (χ1) is 7.55. The van der Waals surface area contributed by atoms with Crippen LogP contribution in [0.4, 0.5) is 0 Å². The van der Waals surface area contributed by atoms with Crippen molar-refractivity contribution in [3.8, 4) is 0 Å². The highest BCUT2D eigenvalue weighted by Crippen LogP contribution is 2.32. The maximum Gasteiger partial charge on any atom is 0.0708 e. The molecule has 1 unspecified atom stereocenters. The third kappa shape index (κ3) is 2.91. The van der Waals surface area contributed by atoms with Crippen LogP contribution in [0.2, 0.25) is 0 Å². The van der Waals surface area contributed by atoms with Gasteiger partial charge < -0.3 is 10.1 Å². The number of nitrogens with one attached hydrogen (secondary N) is 1. The fourth-order valence-corrected chi connectivity index (χ4v) is 3.32. The first-order valence-corrected chi connectivity index (χ1v) is 7.08. The van der Waals surface area contributed by atoms with E-state index in [0.29, 0.717) is 6.10 Å². The van der Waals surface area contributed by atoms with Crippen molar-refractivity contribution in [2.24, 2.45) is 0 Å². The van der Waals surface area contributed by atoms with E-state index in [2.05, 4.69) is 19.2 Å². The Labute approximate surface area is 104 Å². The van der Waals surface area contributed by atoms with Crippen LogP contribution >= 0.6 is 11.6 Å². The van der Waals surface area contributed by atoms with Crippen molar-refractivity contribution in [1.82, 2.24) is 5.32 Å². The number of rotatable bonds is 4. The van der Waals surface area contributed by atoms with E-state index in [-0.39, 0.29) is 11.1 Å². The third-order valence-electron chi connectivity index (χ3n) is 4.08. The molecule has 1 aliphatic carbocycles. The van der Waals surface area contributed by atoms with E-state index in [0.717, 1.165) is 12.4 Å². The Hall–Kier alpha value is 0.210. The summed E-state index contributed by atoms with van der Waals surface area (Å²) in [6.45, 7) is 5.33. The largest absolute Gasteiger partial charge is 0.371 e. The van der Waals surface area contributed by atoms with Crippen molar-refractivity contribution < 1.29 is 4.74 Å². The molecular weight excluding hydrogens is 222 g/mol. The molecule has 0 aromatic rings. The van der Waals surface area contributed by atoms with Crippen molar-refractivity contribution in [3.05, 3.63) is 0 Å². The normalized spacial score (nSPS) is 32.1. The summed E-state index contributed by atoms with van der Waals surface area (Å²) in [4.78, 5) is 0. The van der Waals surface area contributed by atoms with Gasteiger partial charge in [-0.1, -0.05) is 12.8 Å². The van der Waals surface area contributed by atoms with Crippen molar-refractivity contribution in [1.29, 1.82) is 0 Å². The zero-order valence-electron chi connectivity index (χ0n) is 10.5. The van der Waals surface area contributed by atoms with E-state index in [1.165, 1.54) is 38.5 Å². The minimum atomic E-state index is 0.0795. The SMILES string of the molecule is CC1(C)CCC(CNC2(CCl)CCCC2)O1. The molecule has 3 heteroatoms. The number of ether oxygens (including phenoxy) is 1. The van der Waals surface area contributed by atoms with E-state index in [1.54, 1.807) is 0 Å². The van der Waals surface area contributed by atoms with E-state index >= 15 is 0 Å². The van der Waals surface area contributed by atoms with Crippen molar-refractivity contribution >= 4 is 11.6 Å². The van der Waals surface area contributed by atoms with Gasteiger partial charge in [0.25, 0.3) is 0 Å². The van der Waals surface area contributed by atoms with Gasteiger partial charge in [-0.05, 0) is 39.5 Å². The summed E-state index contributed by atoms with van der Waals surface area (Å²) in [5.74, 6) is 0.739. The summed E-state index contributed by atoms with van der Waals surface area (Å²) in [6.07, 6.45) is 7.83. The molecule has 0 amide bonds. The topological polar surface area (TPSA) is 21.3 Å². The molecule has 2 fully saturated rings. The highest BCUT2D eigenvalue weighted by molar-refractivity contribution is 6.18. The van der Waals surface area contributed by atoms with Crippen molar-refractivity contribution in [3.63, 3.8) is 0 Å². The number of alkyl halides is 1. The summed E-state index contributed by atoms with van der Waals surface area (Å²) >= 11 is 6.10. The summed E-state index contributed by atoms with van der Waals surface area (Å²) in [6, 6.07) is 0. The average molecular weight is 246 g/mol. The van der Waals surface area contributed by atoms with Gasteiger partial charge in [0, 0.05) is 18.0 Å². The quantitative estimate of drug-likeness (QED) is 0.769. The second kappa shape index (κ2) is 4.83. The number of hydrogen-bond acceptors (Lipinski definition) is 2. The van der Waals surface area contributed by atoms with E-state index in [9.17, 15) is 0 Å². The first-order valence-electron chi connectivity index (χ1n) is 6.54. The van der Waals surface area contributed by atoms with E-state index in [1.807, 2.05) is 0 Å². The molecule has 16 heavy (non-hydrogen) atoms. The predicted molar refractivity (Wildman–Crippen MR) is 68.1 cm³/mol. The smallest absolute Gasteiger partial charge is 0.0708 e. The highest BCUT2D eigenvalue weighted by atomic mass is 35.5. The van der Waals surface area contributed by atoms with Crippen LogP contribution in [0, 0.1) is 0 Å². The lowest BCUT2D eigenvalue weighted by atomic mass is 10.00. The van der Waals surface area contributed by atoms with Crippen LogP contribution in [0.3, 0.4) is 0 Å². The van der Waals surface area contributed by atoms with E-state index < -0.39 is 0 Å². The Morgan fingerprint density at radius 3 is 2.44 bits per heavy atom. The zero-order valence-corrected chi connectivity index (χ0v) is 11.3. The molecule has 1 saturated heterocycles. The van der Waals surface area contributed by atoms with Gasteiger partial charge in [-0.25, -0.2) is 0 Å². The lowest BCUT2D eigenvalue weighted by Crippen LogP contribution is -2.47. The standard InChI is InChI=1S/C13H24ClNO/c1-12(2)8-5-11(16-12)9-15-13(10-14)6-3-4-7-13/h11,15H,3-10H2,1-2H3. The summed E-state index contributed by atoms with van der Waals surface area (Å²) in [5.41, 5.74) is 0.286. The molecule has 0 aromatic carbocycles. The molecule has 1 heterocycles. The maximum absolute atomic E-state index is 6.10. The monoisotopic (exact) mass is 245 g/mol. The minimum Gasteiger partial charge on any atom is -0.371 e. The van der Waals surface area contributed by atoms with Gasteiger partial charge in [0.2, 0.25) is 0 Å². The molecule has 2 nitrogen and oxygen atoms in total. The minimum absolute atomic E-state index is 0.0795. The van der Waals surface area contributed by atoms with Crippen LogP contribution < -0.4 is 5.32 Å². The fraction of sp³-hybridized carbons (Fsp3) is 1.00. The zero-order chi connectivity index (χ0) is 11.6. The lowest BCUT2D eigenvalue weighted by molar-refractivity contribution is -0.0167. The molecule has 94 valence electrons. The van der Waals surface area contributed by atoms with Crippen LogP contribution in [0.5, 0.6) is 0 Å². The molecule has 2 rings (SSSR count). The second-order valence-electron chi connectivity index (χ2n) is 6.04. The van der Waals surface area contributed by atoms with Gasteiger partial charge in [-0.15, -0.1) is 11.6 Å². The second-order valence-corrected chi connectivity index (χ2v) is 6.31. The molecule has 2 aliphatic rings. The summed E-state index contributed by atoms with van der Waals surface area (Å²) in [5, 5.41) is 3.67. The van der Waals surface area contributed by atoms with E-state index in [4.69, 9.17) is 16.3 Å². The van der Waals surface area contributed by atoms with Crippen LogP contribution in [0.15, 0.2) is 0 Å². The third-order valence-corrected chi connectivity index (χ3v) is 4.59. The predicted octanol–water partition coefficient (Wildman–Crippen LogP) is 3.09. The van der Waals surface area contributed by atoms with Crippen LogP contribution in [-0.2, 0) is 4.74 Å². The molecule has 0 bridgehead atoms. The van der Waals surface area contributed by atoms with Crippen molar-refractivity contribution in [2.45, 2.75) is 69.6 Å². The Bertz CT molecular complexity index is 236. The van der Waals surface area contributed by atoms with Gasteiger partial charge in [0.05, 0.1) is 11.7 Å². The Morgan fingerprint density at radius 2 is 1.94 bits per heavy atom. The molecule has 1 aliphatic heterocycles. The van der Waals surface area contributed by atoms with Crippen LogP contribution in [0.25, 0.3) is 0 Å². The first kappa shape index (κ1) is 12.7. The fourth-order valence-electron chi connectivity index (χ4n) is 2.96. The number of halogens is 1. The Balaban J connectivity index is 1.79. The molecule has 0 aromatic heterocycles. The van der Waals surface area contributed by atoms with Gasteiger partial charge >= 0.3 is 0 Å². The highest BCUT2D eigenvalue weighted by Gasteiger charge is 2.36. The van der Waals surface area contributed by atoms with Gasteiger partial charge in [0.1, 0.15) is 0 Å². The molecule has 0 radical (unpaired) electrons. The lowest BCUT2D eigenvalue weighted by Gasteiger charge is -2.30. The maximum atomic E-state index is 6.10. The summed E-state index contributed by atoms with van der Waals surface area (Å²) < 4.78 is 5.99. The van der Waals surface area contributed by atoms with Crippen LogP contribution in [0.1, 0.15) is 52.4 Å². The average Bonchev–Trinajstić information content (AvgIpc) is 2.83. The van der Waals surface area contributed by atoms with Gasteiger partial charge in [0.15, 0.2) is 0 Å². The Morgan fingerprint density at radius 1 is 1.25 bits per heavy atom. The number of hydrogen-bond donors (Lipinski definition) is 1. The van der Waals surface area contributed by atoms with Crippen LogP contribution in [-0.4, -0.2) is 29.7 Å². The van der Waals surface area contributed by atoms with Gasteiger partial charge in [-0.3, -0.25) is 0 Å². The molecule has 1 saturated carbocycles. The van der Waals surface area contributed by atoms with Gasteiger partial charge in [-0.2, -0.15) is 0 Å². The molecular formula is C13H24ClNO. The molecule has 1 atom stereocenters. The Kier molecular flexibility index (Phi) is 3.82. The van der Waals surface area contributed by atoms with Crippen molar-refractivity contribution in [2.75, 3.05) is 12.4 Å².